The second kappa shape index (κ2) is 16.7. The van der Waals surface area contributed by atoms with Crippen molar-refractivity contribution < 1.29 is 52.8 Å². The molecule has 0 aromatic carbocycles. The van der Waals surface area contributed by atoms with Crippen molar-refractivity contribution in [1.82, 2.24) is 0 Å². The highest BCUT2D eigenvalue weighted by molar-refractivity contribution is 6.04. The highest BCUT2D eigenvalue weighted by atomic mass is 16.7. The van der Waals surface area contributed by atoms with Gasteiger partial charge in [0.1, 0.15) is 5.60 Å². The number of cyclic esters (lactones) is 2. The van der Waals surface area contributed by atoms with E-state index < -0.39 is 35.5 Å². The maximum absolute atomic E-state index is 11.9. The largest absolute Gasteiger partial charge is 0.469 e. The minimum Gasteiger partial charge on any atom is -0.469 e. The summed E-state index contributed by atoms with van der Waals surface area (Å²) in [6, 6.07) is 0. The molecule has 0 radical (unpaired) electrons. The molecule has 3 saturated carbocycles. The van der Waals surface area contributed by atoms with Crippen LogP contribution in [-0.4, -0.2) is 67.7 Å². The molecule has 6 bridgehead atoms. The monoisotopic (exact) mass is 670 g/mol. The van der Waals surface area contributed by atoms with Gasteiger partial charge in [0.25, 0.3) is 0 Å². The summed E-state index contributed by atoms with van der Waals surface area (Å²) in [5.41, 5.74) is -0.467. The lowest BCUT2D eigenvalue weighted by molar-refractivity contribution is -0.167. The van der Waals surface area contributed by atoms with Crippen molar-refractivity contribution in [2.75, 3.05) is 21.0 Å². The van der Waals surface area contributed by atoms with Crippen LogP contribution in [0.2, 0.25) is 0 Å². The molecule has 3 fully saturated rings. The molecule has 0 spiro atoms. The van der Waals surface area contributed by atoms with Gasteiger partial charge >= 0.3 is 29.8 Å². The number of fused-ring (bicyclic) bond motifs is 6. The molecule has 1 heterocycles. The lowest BCUT2D eigenvalue weighted by Crippen LogP contribution is -2.35. The van der Waals surface area contributed by atoms with Crippen LogP contribution < -0.4 is 0 Å². The van der Waals surface area contributed by atoms with Gasteiger partial charge in [-0.3, -0.25) is 14.4 Å². The Balaban J connectivity index is 0.000000156. The van der Waals surface area contributed by atoms with E-state index in [1.807, 2.05) is 32.9 Å². The number of ether oxygens (including phenoxy) is 5. The fraction of sp³-hybridized carbons (Fsp3) is 0.649. The Labute approximate surface area is 282 Å². The van der Waals surface area contributed by atoms with Crippen molar-refractivity contribution in [2.45, 2.75) is 77.4 Å². The molecule has 0 aromatic rings. The summed E-state index contributed by atoms with van der Waals surface area (Å²) in [5, 5.41) is 10.1. The van der Waals surface area contributed by atoms with Gasteiger partial charge in [0.2, 0.25) is 0 Å². The number of aliphatic hydroxyl groups is 1. The summed E-state index contributed by atoms with van der Waals surface area (Å²) >= 11 is 0. The van der Waals surface area contributed by atoms with Gasteiger partial charge in [-0.05, 0) is 101 Å². The number of aliphatic hydroxyl groups excluding tert-OH is 1. The van der Waals surface area contributed by atoms with Crippen LogP contribution in [0.4, 0.5) is 0 Å². The SMILES string of the molecule is C1=CC2CCC1C2.CC(C)(C)OC(=O)CC(O)C1CC2C=CC1C2.COCOC(=O)C1C2C=CC(C2)C1C(=O)OC.O=C1C=CC(=O)O1. The second-order valence-electron chi connectivity index (χ2n) is 14.5. The van der Waals surface area contributed by atoms with E-state index in [2.05, 4.69) is 29.0 Å². The van der Waals surface area contributed by atoms with E-state index >= 15 is 0 Å². The van der Waals surface area contributed by atoms with Crippen LogP contribution in [0.1, 0.15) is 65.7 Å². The van der Waals surface area contributed by atoms with Gasteiger partial charge in [0.05, 0.1) is 31.5 Å². The molecule has 7 aliphatic rings. The number of hydrogen-bond donors (Lipinski definition) is 1. The Kier molecular flexibility index (Phi) is 13.0. The van der Waals surface area contributed by atoms with Crippen molar-refractivity contribution in [3.8, 4) is 0 Å². The number of carbonyl (C=O) groups is 5. The summed E-state index contributed by atoms with van der Waals surface area (Å²) in [6.45, 7) is 5.46. The van der Waals surface area contributed by atoms with Gasteiger partial charge < -0.3 is 28.8 Å². The summed E-state index contributed by atoms with van der Waals surface area (Å²) < 4.78 is 23.6. The van der Waals surface area contributed by atoms with Crippen LogP contribution in [0, 0.1) is 53.3 Å². The zero-order valence-corrected chi connectivity index (χ0v) is 28.6. The quantitative estimate of drug-likeness (QED) is 0.133. The van der Waals surface area contributed by atoms with E-state index in [4.69, 9.17) is 18.9 Å². The Bertz CT molecular complexity index is 1280. The van der Waals surface area contributed by atoms with Crippen LogP contribution >= 0.6 is 0 Å². The van der Waals surface area contributed by atoms with Gasteiger partial charge in [-0.1, -0.05) is 36.5 Å². The topological polar surface area (TPSA) is 152 Å². The van der Waals surface area contributed by atoms with Crippen LogP contribution in [0.25, 0.3) is 0 Å². The molecule has 48 heavy (non-hydrogen) atoms. The molecule has 1 aliphatic heterocycles. The molecule has 11 nitrogen and oxygen atoms in total. The van der Waals surface area contributed by atoms with Gasteiger partial charge in [-0.25, -0.2) is 9.59 Å². The molecule has 1 N–H and O–H groups in total. The van der Waals surface area contributed by atoms with Crippen molar-refractivity contribution in [3.63, 3.8) is 0 Å². The Morgan fingerprint density at radius 1 is 0.792 bits per heavy atom. The van der Waals surface area contributed by atoms with E-state index in [1.165, 1.54) is 33.5 Å². The van der Waals surface area contributed by atoms with E-state index in [0.29, 0.717) is 11.8 Å². The smallest absolute Gasteiger partial charge is 0.338 e. The molecule has 10 unspecified atom stereocenters. The number of allylic oxidation sites excluding steroid dienone is 6. The first-order valence-electron chi connectivity index (χ1n) is 16.9. The lowest BCUT2D eigenvalue weighted by Gasteiger charge is -2.25. The number of esters is 5. The molecular formula is C37H50O11. The second-order valence-corrected chi connectivity index (χ2v) is 14.5. The number of rotatable bonds is 7. The first-order chi connectivity index (χ1) is 22.8. The highest BCUT2D eigenvalue weighted by Gasteiger charge is 2.53. The van der Waals surface area contributed by atoms with Gasteiger partial charge in [-0.15, -0.1) is 0 Å². The average Bonchev–Trinajstić information content (AvgIpc) is 3.90. The fourth-order valence-electron chi connectivity index (χ4n) is 7.81. The summed E-state index contributed by atoms with van der Waals surface area (Å²) in [7, 11) is 2.79. The zero-order chi connectivity index (χ0) is 35.0. The first-order valence-corrected chi connectivity index (χ1v) is 16.9. The molecule has 0 amide bonds. The molecule has 264 valence electrons. The van der Waals surface area contributed by atoms with Crippen molar-refractivity contribution >= 4 is 29.8 Å². The van der Waals surface area contributed by atoms with Crippen LogP contribution in [0.5, 0.6) is 0 Å². The maximum Gasteiger partial charge on any atom is 0.338 e. The standard InChI is InChI=1S/C14H22O3.C12H16O5.C7H10.C4H2O3/c1-14(2,3)17-13(16)8-12(15)11-7-9-4-5-10(11)6-9;1-15-6-17-12(14)10-8-4-3-7(5-8)9(10)11(13)16-2;1-2-7-4-3-6(1)5-7;5-3-1-2-4(6)7-3/h4-5,9-12,15H,6-8H2,1-3H3;3-4,7-10H,5-6H2,1-2H3;1-2,6-7H,3-5H2;1-2H. The van der Waals surface area contributed by atoms with E-state index in [9.17, 15) is 29.1 Å². The Hall–Kier alpha value is -3.57. The summed E-state index contributed by atoms with van der Waals surface area (Å²) in [6.07, 6.45) is 22.3. The van der Waals surface area contributed by atoms with Crippen LogP contribution in [0.3, 0.4) is 0 Å². The van der Waals surface area contributed by atoms with E-state index in [0.717, 1.165) is 43.3 Å². The Morgan fingerprint density at radius 2 is 1.35 bits per heavy atom. The third-order valence-corrected chi connectivity index (χ3v) is 9.87. The van der Waals surface area contributed by atoms with Crippen molar-refractivity contribution in [2.24, 2.45) is 53.3 Å². The minimum atomic E-state index is -0.579. The maximum atomic E-state index is 11.9. The Morgan fingerprint density at radius 3 is 1.75 bits per heavy atom. The van der Waals surface area contributed by atoms with E-state index in [-0.39, 0.29) is 48.9 Å². The van der Waals surface area contributed by atoms with E-state index in [1.54, 1.807) is 0 Å². The molecule has 6 aliphatic carbocycles. The number of carbonyl (C=O) groups excluding carboxylic acids is 5. The third kappa shape index (κ3) is 10.2. The predicted molar refractivity (Wildman–Crippen MR) is 173 cm³/mol. The first kappa shape index (κ1) is 37.3. The minimum absolute atomic E-state index is 0.0790. The summed E-state index contributed by atoms with van der Waals surface area (Å²) in [5.74, 6) is 0.531. The fourth-order valence-corrected chi connectivity index (χ4v) is 7.81. The molecule has 7 rings (SSSR count). The third-order valence-electron chi connectivity index (χ3n) is 9.87. The number of methoxy groups -OCH3 is 2. The summed E-state index contributed by atoms with van der Waals surface area (Å²) in [4.78, 5) is 55.1. The van der Waals surface area contributed by atoms with Gasteiger partial charge in [0, 0.05) is 19.3 Å². The van der Waals surface area contributed by atoms with Crippen molar-refractivity contribution in [3.05, 3.63) is 48.6 Å². The molecular weight excluding hydrogens is 620 g/mol. The molecule has 0 saturated heterocycles. The number of hydrogen-bond acceptors (Lipinski definition) is 11. The molecule has 0 aromatic heterocycles. The normalized spacial score (nSPS) is 32.8. The molecule has 11 heteroatoms. The zero-order valence-electron chi connectivity index (χ0n) is 28.6. The van der Waals surface area contributed by atoms with Crippen LogP contribution in [0.15, 0.2) is 48.6 Å². The van der Waals surface area contributed by atoms with Gasteiger partial charge in [0.15, 0.2) is 6.79 Å². The average molecular weight is 671 g/mol. The van der Waals surface area contributed by atoms with Gasteiger partial charge in [-0.2, -0.15) is 0 Å². The lowest BCUT2D eigenvalue weighted by atomic mass is 9.83. The predicted octanol–water partition coefficient (Wildman–Crippen LogP) is 4.63. The van der Waals surface area contributed by atoms with Crippen LogP contribution in [-0.2, 0) is 47.7 Å². The highest BCUT2D eigenvalue weighted by Crippen LogP contribution is 2.49. The van der Waals surface area contributed by atoms with Crippen molar-refractivity contribution in [1.29, 1.82) is 0 Å². The molecule has 10 atom stereocenters.